The number of allylic oxidation sites excluding steroid dienone is 6. The number of carbonyl (C=O) groups excluding carboxylic acids is 3. The average molecular weight is 977 g/mol. The van der Waals surface area contributed by atoms with Crippen molar-refractivity contribution in [2.45, 2.75) is 289 Å². The number of aliphatic hydroxyl groups excluding tert-OH is 2. The number of carboxylic acids is 1. The molecule has 1 aliphatic rings. The number of unbranched alkanes of at least 4 members (excludes halogenated alkanes) is 27. The maximum atomic E-state index is 13.0. The first-order valence-corrected chi connectivity index (χ1v) is 28.0. The van der Waals surface area contributed by atoms with E-state index in [4.69, 9.17) is 23.7 Å². The quantitative estimate of drug-likeness (QED) is 0.0228. The van der Waals surface area contributed by atoms with Crippen LogP contribution in [0, 0.1) is 0 Å². The van der Waals surface area contributed by atoms with Gasteiger partial charge in [0, 0.05) is 19.3 Å². The Kier molecular flexibility index (Phi) is 42.7. The molecule has 0 aromatic heterocycles. The first-order valence-electron chi connectivity index (χ1n) is 28.0. The molecular formula is C57H100O12. The maximum Gasteiger partial charge on any atom is 0.335 e. The van der Waals surface area contributed by atoms with E-state index in [9.17, 15) is 34.5 Å². The number of hydrogen-bond donors (Lipinski definition) is 3. The number of aliphatic carboxylic acids is 1. The fraction of sp³-hybridized carbons (Fsp3) is 0.825. The molecule has 1 saturated heterocycles. The van der Waals surface area contributed by atoms with Crippen LogP contribution in [0.3, 0.4) is 0 Å². The van der Waals surface area contributed by atoms with Gasteiger partial charge in [0.05, 0.1) is 6.61 Å². The predicted molar refractivity (Wildman–Crippen MR) is 276 cm³/mol. The van der Waals surface area contributed by atoms with Crippen molar-refractivity contribution < 1.29 is 58.2 Å². The summed E-state index contributed by atoms with van der Waals surface area (Å²) in [5.74, 6) is -3.13. The van der Waals surface area contributed by atoms with E-state index in [0.29, 0.717) is 19.3 Å². The van der Waals surface area contributed by atoms with Gasteiger partial charge in [0.1, 0.15) is 18.8 Å². The van der Waals surface area contributed by atoms with Gasteiger partial charge in [0.25, 0.3) is 0 Å². The van der Waals surface area contributed by atoms with Crippen molar-refractivity contribution in [3.05, 3.63) is 36.5 Å². The molecule has 0 bridgehead atoms. The van der Waals surface area contributed by atoms with Crippen LogP contribution in [0.25, 0.3) is 0 Å². The molecule has 400 valence electrons. The molecule has 0 radical (unpaired) electrons. The van der Waals surface area contributed by atoms with Crippen LogP contribution < -0.4 is 0 Å². The van der Waals surface area contributed by atoms with Crippen LogP contribution in [0.15, 0.2) is 36.5 Å². The minimum atomic E-state index is -1.90. The molecule has 0 amide bonds. The molecule has 69 heavy (non-hydrogen) atoms. The molecule has 3 N–H and O–H groups in total. The highest BCUT2D eigenvalue weighted by Gasteiger charge is 2.50. The van der Waals surface area contributed by atoms with Gasteiger partial charge in [-0.2, -0.15) is 0 Å². The Hall–Kier alpha value is -3.06. The molecule has 0 spiro atoms. The summed E-state index contributed by atoms with van der Waals surface area (Å²) < 4.78 is 28.3. The van der Waals surface area contributed by atoms with Crippen LogP contribution in [0.4, 0.5) is 0 Å². The van der Waals surface area contributed by atoms with Crippen LogP contribution >= 0.6 is 0 Å². The number of aliphatic hydroxyl groups is 2. The van der Waals surface area contributed by atoms with Gasteiger partial charge < -0.3 is 39.0 Å². The zero-order valence-corrected chi connectivity index (χ0v) is 43.8. The van der Waals surface area contributed by atoms with Gasteiger partial charge in [-0.05, 0) is 77.0 Å². The van der Waals surface area contributed by atoms with Crippen LogP contribution in [-0.4, -0.2) is 89.2 Å². The zero-order valence-electron chi connectivity index (χ0n) is 43.8. The lowest BCUT2D eigenvalue weighted by Crippen LogP contribution is -2.61. The van der Waals surface area contributed by atoms with Gasteiger partial charge in [0.15, 0.2) is 24.6 Å². The summed E-state index contributed by atoms with van der Waals surface area (Å²) in [7, 11) is 0. The third-order valence-corrected chi connectivity index (χ3v) is 12.7. The summed E-state index contributed by atoms with van der Waals surface area (Å²) in [6, 6.07) is 0. The Morgan fingerprint density at radius 3 is 1.36 bits per heavy atom. The Labute approximate surface area is 419 Å². The van der Waals surface area contributed by atoms with E-state index in [-0.39, 0.29) is 25.9 Å². The molecular weight excluding hydrogens is 877 g/mol. The lowest BCUT2D eigenvalue weighted by Gasteiger charge is -2.40. The summed E-state index contributed by atoms with van der Waals surface area (Å²) in [6.45, 7) is 5.91. The van der Waals surface area contributed by atoms with Crippen LogP contribution in [0.2, 0.25) is 0 Å². The second kappa shape index (κ2) is 46.0. The molecule has 1 rings (SSSR count). The largest absolute Gasteiger partial charge is 0.479 e. The second-order valence-corrected chi connectivity index (χ2v) is 19.2. The predicted octanol–water partition coefficient (Wildman–Crippen LogP) is 13.7. The van der Waals surface area contributed by atoms with E-state index in [2.05, 4.69) is 57.2 Å². The fourth-order valence-corrected chi connectivity index (χ4v) is 8.33. The third kappa shape index (κ3) is 36.5. The topological polar surface area (TPSA) is 175 Å². The molecule has 12 heteroatoms. The number of carbonyl (C=O) groups is 4. The lowest BCUT2D eigenvalue weighted by atomic mass is 9.98. The molecule has 1 aliphatic heterocycles. The van der Waals surface area contributed by atoms with Crippen LogP contribution in [-0.2, 0) is 42.9 Å². The van der Waals surface area contributed by atoms with Crippen molar-refractivity contribution in [3.8, 4) is 0 Å². The fourth-order valence-electron chi connectivity index (χ4n) is 8.33. The van der Waals surface area contributed by atoms with Gasteiger partial charge in [0.2, 0.25) is 0 Å². The standard InChI is InChI=1S/C57H100O12/c1-4-7-10-13-16-19-21-23-24-25-26-28-30-33-36-39-42-45-51(60)68-55-53(62)52(61)54(56(63)64)69-57(55)66-47-48(67-50(59)44-41-38-35-31-18-15-12-9-6-3)46-65-49(58)43-40-37-34-32-29-27-22-20-17-14-11-8-5-2/h16,19-20,22-24,48,52-55,57,61-62H,4-15,17-18,21,25-47H2,1-3H3,(H,63,64)/b19-16-,22-20-,24-23-. The van der Waals surface area contributed by atoms with Crippen LogP contribution in [0.5, 0.6) is 0 Å². The Morgan fingerprint density at radius 1 is 0.478 bits per heavy atom. The second-order valence-electron chi connectivity index (χ2n) is 19.2. The van der Waals surface area contributed by atoms with E-state index >= 15 is 0 Å². The highest BCUT2D eigenvalue weighted by molar-refractivity contribution is 5.74. The van der Waals surface area contributed by atoms with Crippen molar-refractivity contribution in [3.63, 3.8) is 0 Å². The average Bonchev–Trinajstić information content (AvgIpc) is 3.33. The summed E-state index contributed by atoms with van der Waals surface area (Å²) in [4.78, 5) is 50.9. The van der Waals surface area contributed by atoms with Crippen LogP contribution in [0.1, 0.15) is 252 Å². The van der Waals surface area contributed by atoms with E-state index < -0.39 is 67.3 Å². The molecule has 6 unspecified atom stereocenters. The molecule has 0 aliphatic carbocycles. The number of hydrogen-bond acceptors (Lipinski definition) is 11. The highest BCUT2D eigenvalue weighted by atomic mass is 16.7. The molecule has 0 saturated carbocycles. The highest BCUT2D eigenvalue weighted by Crippen LogP contribution is 2.26. The van der Waals surface area contributed by atoms with Crippen molar-refractivity contribution in [2.24, 2.45) is 0 Å². The van der Waals surface area contributed by atoms with E-state index in [1.54, 1.807) is 0 Å². The number of carboxylic acid groups (broad SMARTS) is 1. The Bertz CT molecular complexity index is 1350. The smallest absolute Gasteiger partial charge is 0.335 e. The molecule has 1 fully saturated rings. The molecule has 0 aromatic carbocycles. The first kappa shape index (κ1) is 64.0. The van der Waals surface area contributed by atoms with Gasteiger partial charge in [-0.3, -0.25) is 14.4 Å². The maximum absolute atomic E-state index is 13.0. The normalized spacial score (nSPS) is 18.9. The molecule has 6 atom stereocenters. The summed E-state index contributed by atoms with van der Waals surface area (Å²) in [6.07, 6.45) is 39.9. The van der Waals surface area contributed by atoms with Crippen molar-refractivity contribution >= 4 is 23.9 Å². The monoisotopic (exact) mass is 977 g/mol. The zero-order chi connectivity index (χ0) is 50.4. The van der Waals surface area contributed by atoms with Crippen molar-refractivity contribution in [1.82, 2.24) is 0 Å². The summed E-state index contributed by atoms with van der Waals surface area (Å²) >= 11 is 0. The minimum absolute atomic E-state index is 0.0535. The van der Waals surface area contributed by atoms with Gasteiger partial charge in [-0.25, -0.2) is 4.79 Å². The minimum Gasteiger partial charge on any atom is -0.479 e. The number of ether oxygens (including phenoxy) is 5. The molecule has 0 aromatic rings. The van der Waals surface area contributed by atoms with Crippen molar-refractivity contribution in [2.75, 3.05) is 13.2 Å². The molecule has 12 nitrogen and oxygen atoms in total. The lowest BCUT2D eigenvalue weighted by molar-refractivity contribution is -0.301. The summed E-state index contributed by atoms with van der Waals surface area (Å²) in [5.41, 5.74) is 0. The van der Waals surface area contributed by atoms with Gasteiger partial charge in [-0.15, -0.1) is 0 Å². The first-order chi connectivity index (χ1) is 33.6. The SMILES string of the molecule is CCCCC/C=C\C/C=C\CCCCCCCCCC(=O)OC1C(OCC(COC(=O)CCCCCCC/C=C\CCCCCC)OC(=O)CCCCCCCCCCC)OC(C(=O)O)C(O)C1O. The Morgan fingerprint density at radius 2 is 0.870 bits per heavy atom. The Balaban J connectivity index is 2.67. The van der Waals surface area contributed by atoms with E-state index in [0.717, 1.165) is 116 Å². The number of esters is 3. The number of rotatable bonds is 47. The summed E-state index contributed by atoms with van der Waals surface area (Å²) in [5, 5.41) is 31.4. The molecule has 1 heterocycles. The van der Waals surface area contributed by atoms with E-state index in [1.807, 2.05) is 0 Å². The van der Waals surface area contributed by atoms with E-state index in [1.165, 1.54) is 77.0 Å². The van der Waals surface area contributed by atoms with Gasteiger partial charge in [-0.1, -0.05) is 192 Å². The van der Waals surface area contributed by atoms with Gasteiger partial charge >= 0.3 is 23.9 Å². The van der Waals surface area contributed by atoms with Crippen molar-refractivity contribution in [1.29, 1.82) is 0 Å². The third-order valence-electron chi connectivity index (χ3n) is 12.7.